The molecule has 0 saturated carbocycles. The second kappa shape index (κ2) is 8.57. The molecule has 1 aliphatic heterocycles. The van der Waals surface area contributed by atoms with E-state index in [9.17, 15) is 0 Å². The monoisotopic (exact) mass is 457 g/mol. The van der Waals surface area contributed by atoms with Crippen LogP contribution < -0.4 is 5.73 Å². The molecule has 124 valence electrons. The van der Waals surface area contributed by atoms with Crippen molar-refractivity contribution < 1.29 is 4.74 Å². The second-order valence-corrected chi connectivity index (χ2v) is 6.57. The van der Waals surface area contributed by atoms with Gasteiger partial charge in [0.15, 0.2) is 5.96 Å². The van der Waals surface area contributed by atoms with Gasteiger partial charge in [0, 0.05) is 28.5 Å². The number of hydrogen-bond donors (Lipinski definition) is 1. The van der Waals surface area contributed by atoms with E-state index in [1.807, 2.05) is 23.1 Å². The first-order valence-corrected chi connectivity index (χ1v) is 7.74. The highest BCUT2D eigenvalue weighted by atomic mass is 127. The summed E-state index contributed by atoms with van der Waals surface area (Å²) in [5.41, 5.74) is 6.69. The molecule has 0 aliphatic carbocycles. The van der Waals surface area contributed by atoms with Gasteiger partial charge in [-0.15, -0.1) is 24.0 Å². The fraction of sp³-hybridized carbons (Fsp3) is 0.533. The average Bonchev–Trinajstić information content (AvgIpc) is 2.45. The molecule has 7 heteroatoms. The van der Waals surface area contributed by atoms with Crippen LogP contribution in [-0.4, -0.2) is 43.7 Å². The second-order valence-electron chi connectivity index (χ2n) is 5.75. The van der Waals surface area contributed by atoms with Crippen LogP contribution in [0.5, 0.6) is 0 Å². The molecule has 0 bridgehead atoms. The van der Waals surface area contributed by atoms with Gasteiger partial charge < -0.3 is 15.4 Å². The molecule has 22 heavy (non-hydrogen) atoms. The van der Waals surface area contributed by atoms with E-state index < -0.39 is 0 Å². The summed E-state index contributed by atoms with van der Waals surface area (Å²) in [5, 5.41) is 1.32. The van der Waals surface area contributed by atoms with E-state index in [4.69, 9.17) is 33.7 Å². The van der Waals surface area contributed by atoms with Crippen molar-refractivity contribution in [2.24, 2.45) is 10.7 Å². The van der Waals surface area contributed by atoms with Gasteiger partial charge in [-0.25, -0.2) is 0 Å². The van der Waals surface area contributed by atoms with Crippen LogP contribution in [-0.2, 0) is 10.2 Å². The van der Waals surface area contributed by atoms with Crippen LogP contribution >= 0.6 is 47.2 Å². The number of benzene rings is 1. The maximum Gasteiger partial charge on any atom is 0.191 e. The summed E-state index contributed by atoms with van der Waals surface area (Å²) in [6.45, 7) is 7.60. The highest BCUT2D eigenvalue weighted by Crippen LogP contribution is 2.35. The van der Waals surface area contributed by atoms with E-state index >= 15 is 0 Å². The molecule has 2 rings (SSSR count). The Kier molecular flexibility index (Phi) is 7.71. The lowest BCUT2D eigenvalue weighted by atomic mass is 9.84. The third-order valence-corrected chi connectivity index (χ3v) is 4.24. The minimum atomic E-state index is -0.285. The van der Waals surface area contributed by atoms with Crippen LogP contribution in [0.15, 0.2) is 23.2 Å². The minimum Gasteiger partial charge on any atom is -0.378 e. The Morgan fingerprint density at radius 1 is 1.27 bits per heavy atom. The highest BCUT2D eigenvalue weighted by molar-refractivity contribution is 14.0. The van der Waals surface area contributed by atoms with Crippen molar-refractivity contribution in [1.29, 1.82) is 0 Å². The van der Waals surface area contributed by atoms with Crippen LogP contribution in [0.2, 0.25) is 10.0 Å². The van der Waals surface area contributed by atoms with Gasteiger partial charge in [0.1, 0.15) is 0 Å². The maximum atomic E-state index is 6.29. The molecule has 0 unspecified atom stereocenters. The van der Waals surface area contributed by atoms with Crippen LogP contribution in [0.4, 0.5) is 0 Å². The first kappa shape index (κ1) is 19.8. The number of nitrogens with zero attached hydrogens (tertiary/aromatic N) is 2. The summed E-state index contributed by atoms with van der Waals surface area (Å²) in [6, 6.07) is 5.54. The smallest absolute Gasteiger partial charge is 0.191 e. The standard InChI is InChI=1S/C15H21Cl2N3O.HI/c1-15(2,13-11(16)4-3-5-12(13)17)10-19-14(18)20-6-8-21-9-7-20;/h3-5H,6-10H2,1-2H3,(H2,18,19);1H. The summed E-state index contributed by atoms with van der Waals surface area (Å²) in [6.07, 6.45) is 0. The van der Waals surface area contributed by atoms with Crippen LogP contribution in [0.3, 0.4) is 0 Å². The van der Waals surface area contributed by atoms with Crippen molar-refractivity contribution in [2.75, 3.05) is 32.8 Å². The number of guanidine groups is 1. The Bertz CT molecular complexity index is 511. The number of rotatable bonds is 3. The zero-order chi connectivity index (χ0) is 15.5. The molecule has 1 aliphatic rings. The third kappa shape index (κ3) is 4.88. The van der Waals surface area contributed by atoms with E-state index in [2.05, 4.69) is 18.8 Å². The summed E-state index contributed by atoms with van der Waals surface area (Å²) in [4.78, 5) is 6.56. The third-order valence-electron chi connectivity index (χ3n) is 3.61. The van der Waals surface area contributed by atoms with Crippen LogP contribution in [0, 0.1) is 0 Å². The lowest BCUT2D eigenvalue weighted by molar-refractivity contribution is 0.0674. The molecule has 4 nitrogen and oxygen atoms in total. The molecule has 1 fully saturated rings. The molecule has 0 amide bonds. The highest BCUT2D eigenvalue weighted by Gasteiger charge is 2.26. The lowest BCUT2D eigenvalue weighted by Crippen LogP contribution is -2.45. The molecule has 1 heterocycles. The van der Waals surface area contributed by atoms with Gasteiger partial charge in [-0.3, -0.25) is 4.99 Å². The largest absolute Gasteiger partial charge is 0.378 e. The van der Waals surface area contributed by atoms with E-state index in [1.165, 1.54) is 0 Å². The van der Waals surface area contributed by atoms with E-state index in [0.717, 1.165) is 18.7 Å². The van der Waals surface area contributed by atoms with Crippen LogP contribution in [0.1, 0.15) is 19.4 Å². The number of aliphatic imine (C=N–C) groups is 1. The topological polar surface area (TPSA) is 50.8 Å². The van der Waals surface area contributed by atoms with Crippen molar-refractivity contribution >= 4 is 53.1 Å². The average molecular weight is 458 g/mol. The summed E-state index contributed by atoms with van der Waals surface area (Å²) in [5.74, 6) is 0.551. The van der Waals surface area contributed by atoms with Gasteiger partial charge in [-0.1, -0.05) is 43.1 Å². The Morgan fingerprint density at radius 3 is 2.36 bits per heavy atom. The molecule has 1 aromatic carbocycles. The van der Waals surface area contributed by atoms with Crippen molar-refractivity contribution in [3.8, 4) is 0 Å². The van der Waals surface area contributed by atoms with E-state index in [-0.39, 0.29) is 29.4 Å². The lowest BCUT2D eigenvalue weighted by Gasteiger charge is -2.29. The van der Waals surface area contributed by atoms with Crippen molar-refractivity contribution in [2.45, 2.75) is 19.3 Å². The van der Waals surface area contributed by atoms with Crippen molar-refractivity contribution in [3.63, 3.8) is 0 Å². The van der Waals surface area contributed by atoms with E-state index in [1.54, 1.807) is 0 Å². The van der Waals surface area contributed by atoms with Gasteiger partial charge in [-0.05, 0) is 17.7 Å². The number of halogens is 3. The molecule has 0 radical (unpaired) electrons. The fourth-order valence-electron chi connectivity index (χ4n) is 2.39. The van der Waals surface area contributed by atoms with Crippen LogP contribution in [0.25, 0.3) is 0 Å². The van der Waals surface area contributed by atoms with E-state index in [0.29, 0.717) is 35.8 Å². The van der Waals surface area contributed by atoms with Gasteiger partial charge in [0.05, 0.1) is 19.8 Å². The molecule has 0 spiro atoms. The molecule has 0 aromatic heterocycles. The first-order chi connectivity index (χ1) is 9.92. The molecular formula is C15H22Cl2IN3O. The SMILES string of the molecule is CC(C)(CN=C(N)N1CCOCC1)c1c(Cl)cccc1Cl.I. The summed E-state index contributed by atoms with van der Waals surface area (Å²) in [7, 11) is 0. The van der Waals surface area contributed by atoms with Gasteiger partial charge in [0.2, 0.25) is 0 Å². The maximum absolute atomic E-state index is 6.29. The van der Waals surface area contributed by atoms with Crippen molar-refractivity contribution in [1.82, 2.24) is 4.90 Å². The zero-order valence-corrected chi connectivity index (χ0v) is 16.7. The zero-order valence-electron chi connectivity index (χ0n) is 12.8. The molecule has 1 aromatic rings. The Morgan fingerprint density at radius 2 is 1.82 bits per heavy atom. The predicted molar refractivity (Wildman–Crippen MR) is 104 cm³/mol. The number of ether oxygens (including phenoxy) is 1. The molecule has 0 atom stereocenters. The van der Waals surface area contributed by atoms with Gasteiger partial charge >= 0.3 is 0 Å². The Labute approximate surface area is 159 Å². The Hall–Kier alpha value is -0.240. The molecular weight excluding hydrogens is 436 g/mol. The number of nitrogens with two attached hydrogens (primary N) is 1. The quantitative estimate of drug-likeness (QED) is 0.429. The number of morpholine rings is 1. The normalized spacial score (nSPS) is 16.4. The minimum absolute atomic E-state index is 0. The summed E-state index contributed by atoms with van der Waals surface area (Å²) >= 11 is 12.6. The number of hydrogen-bond acceptors (Lipinski definition) is 2. The predicted octanol–water partition coefficient (Wildman–Crippen LogP) is 3.54. The fourth-order valence-corrected chi connectivity index (χ4v) is 3.30. The first-order valence-electron chi connectivity index (χ1n) is 6.99. The molecule has 1 saturated heterocycles. The van der Waals surface area contributed by atoms with Gasteiger partial charge in [-0.2, -0.15) is 0 Å². The van der Waals surface area contributed by atoms with Crippen molar-refractivity contribution in [3.05, 3.63) is 33.8 Å². The molecule has 2 N–H and O–H groups in total. The van der Waals surface area contributed by atoms with Gasteiger partial charge in [0.25, 0.3) is 0 Å². The Balaban J connectivity index is 0.00000242. The summed E-state index contributed by atoms with van der Waals surface area (Å²) < 4.78 is 5.31.